The third-order valence-corrected chi connectivity index (χ3v) is 5.23. The van der Waals surface area contributed by atoms with Crippen LogP contribution in [0.2, 0.25) is 0 Å². The zero-order chi connectivity index (χ0) is 23.5. The van der Waals surface area contributed by atoms with Crippen molar-refractivity contribution in [2.75, 3.05) is 19.8 Å². The molecule has 0 saturated carbocycles. The van der Waals surface area contributed by atoms with Gasteiger partial charge in [-0.05, 0) is 39.5 Å². The molecule has 0 aliphatic carbocycles. The van der Waals surface area contributed by atoms with Crippen LogP contribution in [-0.2, 0) is 24.2 Å². The Balaban J connectivity index is 5.99. The predicted octanol–water partition coefficient (Wildman–Crippen LogP) is 0.760. The zero-order valence-electron chi connectivity index (χ0n) is 18.7. The summed E-state index contributed by atoms with van der Waals surface area (Å²) >= 11 is 0. The van der Waals surface area contributed by atoms with Crippen LogP contribution >= 0.6 is 0 Å². The quantitative estimate of drug-likeness (QED) is 0.296. The molecule has 0 spiro atoms. The van der Waals surface area contributed by atoms with E-state index in [0.29, 0.717) is 0 Å². The van der Waals surface area contributed by atoms with Crippen LogP contribution in [0.25, 0.3) is 0 Å². The lowest BCUT2D eigenvalue weighted by molar-refractivity contribution is -0.278. The van der Waals surface area contributed by atoms with Crippen molar-refractivity contribution in [3.63, 3.8) is 0 Å². The summed E-state index contributed by atoms with van der Waals surface area (Å²) in [5, 5.41) is 39.8. The van der Waals surface area contributed by atoms with Gasteiger partial charge in [0.2, 0.25) is 0 Å². The fraction of sp³-hybridized carbons (Fsp3) is 0.850. The van der Waals surface area contributed by atoms with Gasteiger partial charge in [0.15, 0.2) is 5.78 Å². The summed E-state index contributed by atoms with van der Waals surface area (Å²) in [7, 11) is 0. The molecule has 0 aliphatic rings. The van der Waals surface area contributed by atoms with Crippen molar-refractivity contribution >= 4 is 17.7 Å². The molecule has 0 saturated heterocycles. The molecule has 170 valence electrons. The molecule has 0 aromatic heterocycles. The third kappa shape index (κ3) is 5.97. The predicted molar refractivity (Wildman–Crippen MR) is 103 cm³/mol. The van der Waals surface area contributed by atoms with Crippen molar-refractivity contribution in [1.29, 1.82) is 0 Å². The average Bonchev–Trinajstić information content (AvgIpc) is 2.64. The van der Waals surface area contributed by atoms with E-state index in [-0.39, 0.29) is 13.0 Å². The van der Waals surface area contributed by atoms with Crippen LogP contribution in [0.4, 0.5) is 0 Å². The Morgan fingerprint density at radius 3 is 1.48 bits per heavy atom. The van der Waals surface area contributed by atoms with Gasteiger partial charge in [-0.15, -0.1) is 0 Å². The number of carbonyl (C=O) groups excluding carboxylic acids is 3. The van der Waals surface area contributed by atoms with E-state index in [0.717, 1.165) is 0 Å². The van der Waals surface area contributed by atoms with E-state index >= 15 is 0 Å². The molecule has 0 aromatic carbocycles. The first-order valence-electron chi connectivity index (χ1n) is 9.38. The average molecular weight is 420 g/mol. The molecular weight excluding hydrogens is 384 g/mol. The van der Waals surface area contributed by atoms with Gasteiger partial charge in [-0.1, -0.05) is 27.7 Å². The molecule has 0 heterocycles. The summed E-state index contributed by atoms with van der Waals surface area (Å²) in [5.74, 6) is -3.03. The standard InChI is InChI=1S/C20H36O9/c1-16(2,10-21)9-20(27,13(24)17(3,4)11-22)19(7,8)15(26)29-28-14(25)18(5,6)12-23/h21-23,27H,9-12H2,1-8H3. The SMILES string of the molecule is CC(C)(CO)CC(O)(C(=O)C(C)(C)CO)C(C)(C)C(=O)OOC(=O)C(C)(C)CO. The summed E-state index contributed by atoms with van der Waals surface area (Å²) in [6, 6.07) is 0. The second-order valence-electron chi connectivity index (χ2n) is 10.1. The first-order valence-corrected chi connectivity index (χ1v) is 9.38. The van der Waals surface area contributed by atoms with Gasteiger partial charge in [-0.25, -0.2) is 19.4 Å². The highest BCUT2D eigenvalue weighted by Crippen LogP contribution is 2.45. The van der Waals surface area contributed by atoms with Gasteiger partial charge in [0.05, 0.1) is 18.6 Å². The van der Waals surface area contributed by atoms with Crippen molar-refractivity contribution in [3.8, 4) is 0 Å². The molecule has 9 nitrogen and oxygen atoms in total. The number of aliphatic hydroxyl groups excluding tert-OH is 3. The maximum atomic E-state index is 13.2. The molecular formula is C20H36O9. The van der Waals surface area contributed by atoms with Crippen molar-refractivity contribution < 1.29 is 44.6 Å². The fourth-order valence-corrected chi connectivity index (χ4v) is 2.49. The molecule has 1 atom stereocenters. The van der Waals surface area contributed by atoms with E-state index < -0.39 is 58.2 Å². The lowest BCUT2D eigenvalue weighted by Gasteiger charge is -2.45. The maximum Gasteiger partial charge on any atom is 0.364 e. The van der Waals surface area contributed by atoms with E-state index in [1.54, 1.807) is 13.8 Å². The summed E-state index contributed by atoms with van der Waals surface area (Å²) in [4.78, 5) is 47.0. The van der Waals surface area contributed by atoms with E-state index in [9.17, 15) is 34.8 Å². The van der Waals surface area contributed by atoms with Crippen LogP contribution < -0.4 is 0 Å². The molecule has 0 radical (unpaired) electrons. The van der Waals surface area contributed by atoms with Crippen molar-refractivity contribution in [2.45, 2.75) is 67.4 Å². The first kappa shape index (κ1) is 27.5. The van der Waals surface area contributed by atoms with Gasteiger partial charge in [0.1, 0.15) is 11.0 Å². The normalized spacial score (nSPS) is 15.4. The molecule has 0 bridgehead atoms. The number of carbonyl (C=O) groups is 3. The number of hydrogen-bond donors (Lipinski definition) is 4. The smallest absolute Gasteiger partial charge is 0.364 e. The second-order valence-corrected chi connectivity index (χ2v) is 10.1. The number of ketones is 1. The molecule has 29 heavy (non-hydrogen) atoms. The lowest BCUT2D eigenvalue weighted by atomic mass is 9.61. The molecule has 1 unspecified atom stereocenters. The highest BCUT2D eigenvalue weighted by molar-refractivity contribution is 5.97. The number of aliphatic hydroxyl groups is 4. The van der Waals surface area contributed by atoms with Crippen molar-refractivity contribution in [2.24, 2.45) is 21.7 Å². The van der Waals surface area contributed by atoms with Gasteiger partial charge in [-0.2, -0.15) is 0 Å². The summed E-state index contributed by atoms with van der Waals surface area (Å²) in [6.45, 7) is 9.76. The Morgan fingerprint density at radius 2 is 1.10 bits per heavy atom. The van der Waals surface area contributed by atoms with E-state index in [1.807, 2.05) is 0 Å². The first-order chi connectivity index (χ1) is 12.8. The topological polar surface area (TPSA) is 151 Å². The maximum absolute atomic E-state index is 13.2. The Kier molecular flexibility index (Phi) is 8.59. The van der Waals surface area contributed by atoms with E-state index in [2.05, 4.69) is 9.78 Å². The highest BCUT2D eigenvalue weighted by atomic mass is 17.2. The van der Waals surface area contributed by atoms with E-state index in [4.69, 9.17) is 0 Å². The summed E-state index contributed by atoms with van der Waals surface area (Å²) in [5.41, 5.74) is -7.95. The molecule has 4 N–H and O–H groups in total. The zero-order valence-corrected chi connectivity index (χ0v) is 18.7. The van der Waals surface area contributed by atoms with Gasteiger partial charge in [0, 0.05) is 12.0 Å². The minimum atomic E-state index is -2.36. The summed E-state index contributed by atoms with van der Waals surface area (Å²) < 4.78 is 0. The van der Waals surface area contributed by atoms with Crippen LogP contribution in [0.5, 0.6) is 0 Å². The van der Waals surface area contributed by atoms with Crippen molar-refractivity contribution in [1.82, 2.24) is 0 Å². The van der Waals surface area contributed by atoms with Crippen LogP contribution in [-0.4, -0.2) is 63.6 Å². The third-order valence-electron chi connectivity index (χ3n) is 5.23. The largest absolute Gasteiger partial charge is 0.396 e. The highest BCUT2D eigenvalue weighted by Gasteiger charge is 2.60. The Bertz CT molecular complexity index is 619. The Hall–Kier alpha value is -1.55. The minimum Gasteiger partial charge on any atom is -0.396 e. The van der Waals surface area contributed by atoms with E-state index in [1.165, 1.54) is 41.5 Å². The van der Waals surface area contributed by atoms with Crippen LogP contribution in [0.1, 0.15) is 61.8 Å². The molecule has 0 aliphatic heterocycles. The molecule has 9 heteroatoms. The molecule has 0 aromatic rings. The molecule has 0 fully saturated rings. The van der Waals surface area contributed by atoms with Gasteiger partial charge in [0.25, 0.3) is 0 Å². The Morgan fingerprint density at radius 1 is 0.690 bits per heavy atom. The monoisotopic (exact) mass is 420 g/mol. The van der Waals surface area contributed by atoms with Crippen LogP contribution in [0.15, 0.2) is 0 Å². The molecule has 0 amide bonds. The minimum absolute atomic E-state index is 0.322. The molecule has 0 rings (SSSR count). The second kappa shape index (κ2) is 9.07. The van der Waals surface area contributed by atoms with Crippen molar-refractivity contribution in [3.05, 3.63) is 0 Å². The Labute approximate surface area is 171 Å². The van der Waals surface area contributed by atoms with Gasteiger partial charge in [-0.3, -0.25) is 4.79 Å². The number of hydrogen-bond acceptors (Lipinski definition) is 9. The number of Topliss-reactive ketones (excluding diaryl/α,β-unsaturated/α-hetero) is 1. The van der Waals surface area contributed by atoms with Gasteiger partial charge >= 0.3 is 11.9 Å². The van der Waals surface area contributed by atoms with Crippen LogP contribution in [0, 0.1) is 21.7 Å². The van der Waals surface area contributed by atoms with Crippen LogP contribution in [0.3, 0.4) is 0 Å². The summed E-state index contributed by atoms with van der Waals surface area (Å²) in [6.07, 6.45) is -0.322. The van der Waals surface area contributed by atoms with Gasteiger partial charge < -0.3 is 20.4 Å². The fourth-order valence-electron chi connectivity index (χ4n) is 2.49. The lowest BCUT2D eigenvalue weighted by Crippen LogP contribution is -2.61. The number of rotatable bonds is 10.